The van der Waals surface area contributed by atoms with E-state index in [-0.39, 0.29) is 12.0 Å². The number of pyridine rings is 1. The molecular weight excluding hydrogens is 662 g/mol. The SMILES string of the molecule is Cn1c(C2(NC3(c4ccc(CN5CC(O)C5)cn4)CC3)C=CC=C(c3ccccc3)C2(C)Cl)nc2cc(CN3CCC(C(=O)O)C3)cc(C#N)c21. The molecule has 3 unspecified atom stereocenters. The van der Waals surface area contributed by atoms with E-state index in [0.29, 0.717) is 56.0 Å². The van der Waals surface area contributed by atoms with Gasteiger partial charge >= 0.3 is 5.97 Å². The first kappa shape index (κ1) is 33.8. The summed E-state index contributed by atoms with van der Waals surface area (Å²) >= 11 is 7.92. The van der Waals surface area contributed by atoms with Crippen LogP contribution in [0.5, 0.6) is 0 Å². The van der Waals surface area contributed by atoms with Crippen LogP contribution in [-0.4, -0.2) is 77.7 Å². The zero-order valence-corrected chi connectivity index (χ0v) is 29.6. The van der Waals surface area contributed by atoms with Crippen LogP contribution in [0.2, 0.25) is 0 Å². The van der Waals surface area contributed by atoms with Crippen LogP contribution in [0.3, 0.4) is 0 Å². The Bertz CT molecular complexity index is 2090. The van der Waals surface area contributed by atoms with Crippen molar-refractivity contribution in [1.82, 2.24) is 29.7 Å². The van der Waals surface area contributed by atoms with E-state index >= 15 is 0 Å². The van der Waals surface area contributed by atoms with E-state index in [2.05, 4.69) is 63.7 Å². The highest BCUT2D eigenvalue weighted by Gasteiger charge is 2.60. The number of likely N-dealkylation sites (tertiary alicyclic amines) is 2. The molecule has 0 spiro atoms. The predicted octanol–water partition coefficient (Wildman–Crippen LogP) is 5.05. The van der Waals surface area contributed by atoms with Crippen molar-refractivity contribution in [2.75, 3.05) is 26.2 Å². The lowest BCUT2D eigenvalue weighted by Gasteiger charge is -2.48. The number of carboxylic acid groups (broad SMARTS) is 1. The van der Waals surface area contributed by atoms with Gasteiger partial charge < -0.3 is 14.8 Å². The summed E-state index contributed by atoms with van der Waals surface area (Å²) in [7, 11) is 1.95. The number of nitrogens with zero attached hydrogens (tertiary/aromatic N) is 6. The van der Waals surface area contributed by atoms with Crippen LogP contribution >= 0.6 is 11.6 Å². The summed E-state index contributed by atoms with van der Waals surface area (Å²) in [6.45, 7) is 5.89. The number of nitrogens with one attached hydrogen (secondary N) is 1. The molecule has 0 bridgehead atoms. The van der Waals surface area contributed by atoms with Gasteiger partial charge in [-0.3, -0.25) is 24.9 Å². The Labute approximate surface area is 302 Å². The maximum Gasteiger partial charge on any atom is 0.307 e. The number of fused-ring (bicyclic) bond motifs is 1. The molecule has 2 aromatic carbocycles. The highest BCUT2D eigenvalue weighted by Crippen LogP contribution is 2.55. The number of imidazole rings is 1. The summed E-state index contributed by atoms with van der Waals surface area (Å²) in [6, 6.07) is 20.8. The molecular formula is C40H42ClN7O3. The van der Waals surface area contributed by atoms with Gasteiger partial charge in [0, 0.05) is 46.0 Å². The fraction of sp³-hybridized carbons (Fsp3) is 0.400. The lowest BCUT2D eigenvalue weighted by molar-refractivity contribution is -0.141. The molecule has 3 atom stereocenters. The third kappa shape index (κ3) is 5.87. The Morgan fingerprint density at radius 2 is 1.84 bits per heavy atom. The fourth-order valence-electron chi connectivity index (χ4n) is 8.35. The largest absolute Gasteiger partial charge is 0.481 e. The zero-order valence-electron chi connectivity index (χ0n) is 28.9. The first-order valence-electron chi connectivity index (χ1n) is 17.7. The summed E-state index contributed by atoms with van der Waals surface area (Å²) in [5, 5.41) is 33.7. The van der Waals surface area contributed by atoms with Crippen molar-refractivity contribution in [2.24, 2.45) is 13.0 Å². The average molecular weight is 704 g/mol. The molecule has 1 saturated carbocycles. The maximum absolute atomic E-state index is 11.6. The molecule has 0 radical (unpaired) electrons. The Morgan fingerprint density at radius 3 is 2.49 bits per heavy atom. The summed E-state index contributed by atoms with van der Waals surface area (Å²) in [6.07, 6.45) is 10.3. The third-order valence-corrected chi connectivity index (χ3v) is 11.8. The second-order valence-corrected chi connectivity index (χ2v) is 15.7. The van der Waals surface area contributed by atoms with E-state index in [4.69, 9.17) is 21.6 Å². The number of aryl methyl sites for hydroxylation is 1. The molecule has 11 heteroatoms. The van der Waals surface area contributed by atoms with E-state index in [0.717, 1.165) is 52.9 Å². The van der Waals surface area contributed by atoms with Gasteiger partial charge in [-0.15, -0.1) is 11.6 Å². The van der Waals surface area contributed by atoms with Gasteiger partial charge in [-0.1, -0.05) is 54.6 Å². The molecule has 51 heavy (non-hydrogen) atoms. The minimum absolute atomic E-state index is 0.245. The van der Waals surface area contributed by atoms with Gasteiger partial charge in [0.25, 0.3) is 0 Å². The quantitative estimate of drug-likeness (QED) is 0.194. The van der Waals surface area contributed by atoms with Gasteiger partial charge in [-0.05, 0) is 73.2 Å². The van der Waals surface area contributed by atoms with Crippen molar-refractivity contribution in [1.29, 1.82) is 5.26 Å². The second kappa shape index (κ2) is 12.7. The highest BCUT2D eigenvalue weighted by molar-refractivity contribution is 6.31. The molecule has 8 rings (SSSR count). The van der Waals surface area contributed by atoms with Crippen LogP contribution in [-0.2, 0) is 36.0 Å². The number of allylic oxidation sites excluding steroid dienone is 2. The molecule has 2 aromatic heterocycles. The van der Waals surface area contributed by atoms with E-state index in [1.165, 1.54) is 0 Å². The lowest BCUT2D eigenvalue weighted by atomic mass is 9.72. The highest BCUT2D eigenvalue weighted by atomic mass is 35.5. The molecule has 4 aliphatic rings. The zero-order chi connectivity index (χ0) is 35.5. The van der Waals surface area contributed by atoms with Crippen LogP contribution in [0.4, 0.5) is 0 Å². The van der Waals surface area contributed by atoms with Gasteiger partial charge in [-0.2, -0.15) is 5.26 Å². The predicted molar refractivity (Wildman–Crippen MR) is 196 cm³/mol. The number of benzene rings is 2. The summed E-state index contributed by atoms with van der Waals surface area (Å²) in [5.41, 5.74) is 5.37. The number of hydrogen-bond donors (Lipinski definition) is 3. The molecule has 0 amide bonds. The van der Waals surface area contributed by atoms with Gasteiger partial charge in [0.1, 0.15) is 17.4 Å². The van der Waals surface area contributed by atoms with E-state index in [9.17, 15) is 20.3 Å². The van der Waals surface area contributed by atoms with E-state index in [1.807, 2.05) is 55.1 Å². The van der Waals surface area contributed by atoms with Crippen LogP contribution in [0, 0.1) is 17.2 Å². The molecule has 10 nitrogen and oxygen atoms in total. The van der Waals surface area contributed by atoms with Crippen molar-refractivity contribution >= 4 is 34.2 Å². The number of carbonyl (C=O) groups is 1. The number of rotatable bonds is 10. The third-order valence-electron chi connectivity index (χ3n) is 11.3. The molecule has 2 aliphatic carbocycles. The average Bonchev–Trinajstić information content (AvgIpc) is 3.58. The van der Waals surface area contributed by atoms with Crippen molar-refractivity contribution in [3.63, 3.8) is 0 Å². The van der Waals surface area contributed by atoms with Crippen LogP contribution in [0.1, 0.15) is 60.0 Å². The monoisotopic (exact) mass is 703 g/mol. The smallest absolute Gasteiger partial charge is 0.307 e. The normalized spacial score (nSPS) is 26.2. The number of nitriles is 1. The number of aromatic nitrogens is 3. The Kier molecular flexibility index (Phi) is 8.40. The van der Waals surface area contributed by atoms with Crippen LogP contribution < -0.4 is 5.32 Å². The summed E-state index contributed by atoms with van der Waals surface area (Å²) < 4.78 is 2.01. The van der Waals surface area contributed by atoms with Gasteiger partial charge in [0.15, 0.2) is 0 Å². The van der Waals surface area contributed by atoms with Gasteiger partial charge in [-0.25, -0.2) is 4.98 Å². The summed E-state index contributed by atoms with van der Waals surface area (Å²) in [4.78, 5) is 25.2. The van der Waals surface area contributed by atoms with E-state index in [1.54, 1.807) is 0 Å². The molecule has 262 valence electrons. The summed E-state index contributed by atoms with van der Waals surface area (Å²) in [5.74, 6) is -0.455. The van der Waals surface area contributed by atoms with Crippen molar-refractivity contribution in [2.45, 2.75) is 61.3 Å². The topological polar surface area (TPSA) is 131 Å². The van der Waals surface area contributed by atoms with Crippen molar-refractivity contribution in [3.8, 4) is 6.07 Å². The Morgan fingerprint density at radius 1 is 1.08 bits per heavy atom. The molecule has 4 heterocycles. The fourth-order valence-corrected chi connectivity index (χ4v) is 8.72. The first-order valence-corrected chi connectivity index (χ1v) is 18.0. The Hall–Kier alpha value is -4.37. The minimum atomic E-state index is -1.02. The van der Waals surface area contributed by atoms with Crippen LogP contribution in [0.15, 0.2) is 79.0 Å². The molecule has 2 aliphatic heterocycles. The van der Waals surface area contributed by atoms with Crippen molar-refractivity contribution in [3.05, 3.63) is 113 Å². The Balaban J connectivity index is 1.20. The number of β-amino-alcohol motifs (C(OH)–C–C–N with tert-alkyl or cyclic N) is 1. The number of aliphatic carboxylic acids is 1. The molecule has 3 fully saturated rings. The standard InChI is InChI=1S/C40H42ClN7O3/c1-38(41)32(28-7-4-3-5-8-28)9-6-13-40(38,45-39(14-15-39)34-11-10-26(20-43-34)21-48-24-31(49)25-48)37-44-33-18-27(17-30(19-42)35(33)46(37)2)22-47-16-12-29(23-47)36(50)51/h3-11,13,17-18,20,29,31,45,49H,12,14-16,21-25H2,1-2H3,(H,50,51). The first-order chi connectivity index (χ1) is 24.5. The van der Waals surface area contributed by atoms with Crippen molar-refractivity contribution < 1.29 is 15.0 Å². The number of aliphatic hydroxyl groups is 1. The van der Waals surface area contributed by atoms with E-state index < -0.39 is 21.9 Å². The lowest BCUT2D eigenvalue weighted by Crippen LogP contribution is -2.60. The van der Waals surface area contributed by atoms with Gasteiger partial charge in [0.2, 0.25) is 0 Å². The number of aliphatic hydroxyl groups excluding tert-OH is 1. The molecule has 4 aromatic rings. The van der Waals surface area contributed by atoms with Gasteiger partial charge in [0.05, 0.1) is 44.7 Å². The number of carboxylic acids is 1. The number of halogens is 1. The molecule has 2 saturated heterocycles. The van der Waals surface area contributed by atoms with Crippen LogP contribution in [0.25, 0.3) is 16.6 Å². The number of alkyl halides is 1. The molecule has 3 N–H and O–H groups in total. The number of hydrogen-bond acceptors (Lipinski definition) is 8. The maximum atomic E-state index is 11.6. The minimum Gasteiger partial charge on any atom is -0.481 e. The second-order valence-electron chi connectivity index (χ2n) is 14.9.